The van der Waals surface area contributed by atoms with Gasteiger partial charge in [0.1, 0.15) is 0 Å². The molecule has 1 aromatic carbocycles. The van der Waals surface area contributed by atoms with Crippen molar-refractivity contribution in [2.24, 2.45) is 4.99 Å². The van der Waals surface area contributed by atoms with Crippen molar-refractivity contribution in [2.45, 2.75) is 31.8 Å². The lowest BCUT2D eigenvalue weighted by atomic mass is 10.1. The van der Waals surface area contributed by atoms with Crippen LogP contribution in [0.4, 0.5) is 0 Å². The van der Waals surface area contributed by atoms with E-state index in [0.29, 0.717) is 6.04 Å². The maximum absolute atomic E-state index is 5.20. The van der Waals surface area contributed by atoms with Crippen molar-refractivity contribution in [2.75, 3.05) is 40.4 Å². The highest BCUT2D eigenvalue weighted by Gasteiger charge is 2.24. The first-order valence-corrected chi connectivity index (χ1v) is 8.49. The highest BCUT2D eigenvalue weighted by Crippen LogP contribution is 2.16. The van der Waals surface area contributed by atoms with Gasteiger partial charge in [0.15, 0.2) is 5.96 Å². The summed E-state index contributed by atoms with van der Waals surface area (Å²) in [5.41, 5.74) is 1.26. The maximum Gasteiger partial charge on any atom is 0.191 e. The van der Waals surface area contributed by atoms with Crippen molar-refractivity contribution in [3.05, 3.63) is 35.9 Å². The van der Waals surface area contributed by atoms with Crippen molar-refractivity contribution in [1.82, 2.24) is 15.5 Å². The van der Waals surface area contributed by atoms with E-state index in [2.05, 4.69) is 51.7 Å². The van der Waals surface area contributed by atoms with Crippen LogP contribution in [-0.4, -0.2) is 57.3 Å². The smallest absolute Gasteiger partial charge is 0.191 e. The summed E-state index contributed by atoms with van der Waals surface area (Å²) in [4.78, 5) is 6.86. The molecule has 0 saturated carbocycles. The molecule has 0 aliphatic carbocycles. The third-order valence-corrected chi connectivity index (χ3v) is 4.46. The fraction of sp³-hybridized carbons (Fsp3) is 0.611. The van der Waals surface area contributed by atoms with Crippen LogP contribution in [0.1, 0.15) is 31.4 Å². The van der Waals surface area contributed by atoms with Gasteiger partial charge in [-0.25, -0.2) is 0 Å². The fourth-order valence-electron chi connectivity index (χ4n) is 3.07. The monoisotopic (exact) mass is 446 g/mol. The SMILES string of the molecule is CN=C(NCC1CCCN1CCOC)NC(C)c1ccccc1.I. The van der Waals surface area contributed by atoms with E-state index < -0.39 is 0 Å². The van der Waals surface area contributed by atoms with Crippen molar-refractivity contribution < 1.29 is 4.74 Å². The number of nitrogens with one attached hydrogen (secondary N) is 2. The third kappa shape index (κ3) is 6.57. The minimum atomic E-state index is 0. The Kier molecular flexibility index (Phi) is 10.3. The van der Waals surface area contributed by atoms with E-state index in [1.807, 2.05) is 13.1 Å². The van der Waals surface area contributed by atoms with Crippen molar-refractivity contribution >= 4 is 29.9 Å². The number of rotatable bonds is 7. The first-order valence-electron chi connectivity index (χ1n) is 8.49. The lowest BCUT2D eigenvalue weighted by Crippen LogP contribution is -2.46. The number of ether oxygens (including phenoxy) is 1. The van der Waals surface area contributed by atoms with E-state index in [4.69, 9.17) is 4.74 Å². The average molecular weight is 446 g/mol. The van der Waals surface area contributed by atoms with Crippen LogP contribution in [0.3, 0.4) is 0 Å². The van der Waals surface area contributed by atoms with Gasteiger partial charge in [0.25, 0.3) is 0 Å². The number of hydrogen-bond donors (Lipinski definition) is 2. The molecule has 1 saturated heterocycles. The normalized spacial score (nSPS) is 19.6. The van der Waals surface area contributed by atoms with E-state index >= 15 is 0 Å². The number of hydrogen-bond acceptors (Lipinski definition) is 3. The highest BCUT2D eigenvalue weighted by molar-refractivity contribution is 14.0. The third-order valence-electron chi connectivity index (χ3n) is 4.46. The predicted molar refractivity (Wildman–Crippen MR) is 111 cm³/mol. The summed E-state index contributed by atoms with van der Waals surface area (Å²) >= 11 is 0. The van der Waals surface area contributed by atoms with Gasteiger partial charge in [0.2, 0.25) is 0 Å². The molecule has 0 radical (unpaired) electrons. The zero-order chi connectivity index (χ0) is 16.5. The summed E-state index contributed by atoms with van der Waals surface area (Å²) < 4.78 is 5.20. The molecule has 1 aliphatic rings. The van der Waals surface area contributed by atoms with Gasteiger partial charge in [-0.2, -0.15) is 0 Å². The molecule has 0 amide bonds. The number of halogens is 1. The van der Waals surface area contributed by atoms with E-state index in [9.17, 15) is 0 Å². The predicted octanol–water partition coefficient (Wildman–Crippen LogP) is 2.64. The molecule has 0 bridgehead atoms. The molecule has 1 aliphatic heterocycles. The Hall–Kier alpha value is -0.860. The van der Waals surface area contributed by atoms with E-state index in [1.54, 1.807) is 7.11 Å². The number of likely N-dealkylation sites (tertiary alicyclic amines) is 1. The molecule has 5 nitrogen and oxygen atoms in total. The summed E-state index contributed by atoms with van der Waals surface area (Å²) in [5, 5.41) is 6.94. The molecule has 6 heteroatoms. The van der Waals surface area contributed by atoms with E-state index in [1.165, 1.54) is 24.9 Å². The summed E-state index contributed by atoms with van der Waals surface area (Å²) in [6, 6.07) is 11.2. The summed E-state index contributed by atoms with van der Waals surface area (Å²) in [6.45, 7) is 6.06. The van der Waals surface area contributed by atoms with Gasteiger partial charge in [0.05, 0.1) is 12.6 Å². The Labute approximate surface area is 163 Å². The molecule has 2 N–H and O–H groups in total. The molecule has 2 unspecified atom stereocenters. The second kappa shape index (κ2) is 11.7. The number of guanidine groups is 1. The molecule has 2 rings (SSSR count). The van der Waals surface area contributed by atoms with Crippen LogP contribution < -0.4 is 10.6 Å². The van der Waals surface area contributed by atoms with Crippen molar-refractivity contribution in [3.8, 4) is 0 Å². The second-order valence-electron chi connectivity index (χ2n) is 6.05. The molecule has 1 fully saturated rings. The van der Waals surface area contributed by atoms with Crippen LogP contribution in [0.5, 0.6) is 0 Å². The minimum Gasteiger partial charge on any atom is -0.383 e. The lowest BCUT2D eigenvalue weighted by Gasteiger charge is -2.26. The van der Waals surface area contributed by atoms with Crippen molar-refractivity contribution in [3.63, 3.8) is 0 Å². The molecule has 136 valence electrons. The zero-order valence-electron chi connectivity index (χ0n) is 15.0. The standard InChI is InChI=1S/C18H30N4O.HI/c1-15(16-8-5-4-6-9-16)21-18(19-2)20-14-17-10-7-11-22(17)12-13-23-3;/h4-6,8-9,15,17H,7,10-14H2,1-3H3,(H2,19,20,21);1H. The van der Waals surface area contributed by atoms with Crippen LogP contribution in [0.15, 0.2) is 35.3 Å². The summed E-state index contributed by atoms with van der Waals surface area (Å²) in [7, 11) is 3.59. The van der Waals surface area contributed by atoms with E-state index in [-0.39, 0.29) is 30.0 Å². The Balaban J connectivity index is 0.00000288. The summed E-state index contributed by atoms with van der Waals surface area (Å²) in [6.07, 6.45) is 2.50. The number of benzene rings is 1. The Morgan fingerprint density at radius 3 is 2.79 bits per heavy atom. The summed E-state index contributed by atoms with van der Waals surface area (Å²) in [5.74, 6) is 0.861. The molecule has 0 aromatic heterocycles. The van der Waals surface area contributed by atoms with Gasteiger partial charge in [-0.3, -0.25) is 9.89 Å². The molecule has 1 aromatic rings. The topological polar surface area (TPSA) is 48.9 Å². The van der Waals surface area contributed by atoms with E-state index in [0.717, 1.165) is 25.7 Å². The number of nitrogens with zero attached hydrogens (tertiary/aromatic N) is 2. The minimum absolute atomic E-state index is 0. The Bertz CT molecular complexity index is 483. The maximum atomic E-state index is 5.20. The molecule has 2 atom stereocenters. The first-order chi connectivity index (χ1) is 11.2. The molecule has 1 heterocycles. The Morgan fingerprint density at radius 2 is 2.12 bits per heavy atom. The fourth-order valence-corrected chi connectivity index (χ4v) is 3.07. The van der Waals surface area contributed by atoms with Crippen molar-refractivity contribution in [1.29, 1.82) is 0 Å². The van der Waals surface area contributed by atoms with Gasteiger partial charge < -0.3 is 15.4 Å². The van der Waals surface area contributed by atoms with Gasteiger partial charge in [-0.05, 0) is 31.9 Å². The molecule has 24 heavy (non-hydrogen) atoms. The largest absolute Gasteiger partial charge is 0.383 e. The average Bonchev–Trinajstić information content (AvgIpc) is 3.04. The van der Waals surface area contributed by atoms with Crippen LogP contribution in [0.25, 0.3) is 0 Å². The first kappa shape index (κ1) is 21.2. The lowest BCUT2D eigenvalue weighted by molar-refractivity contribution is 0.141. The Morgan fingerprint density at radius 1 is 1.38 bits per heavy atom. The second-order valence-corrected chi connectivity index (χ2v) is 6.05. The number of methoxy groups -OCH3 is 1. The zero-order valence-corrected chi connectivity index (χ0v) is 17.3. The van der Waals surface area contributed by atoms with Gasteiger partial charge in [0, 0.05) is 33.3 Å². The highest BCUT2D eigenvalue weighted by atomic mass is 127. The van der Waals surface area contributed by atoms with Gasteiger partial charge >= 0.3 is 0 Å². The van der Waals surface area contributed by atoms with Crippen LogP contribution in [0.2, 0.25) is 0 Å². The molecular formula is C18H31IN4O. The van der Waals surface area contributed by atoms with Crippen LogP contribution >= 0.6 is 24.0 Å². The molecular weight excluding hydrogens is 415 g/mol. The quantitative estimate of drug-likeness (QED) is 0.384. The van der Waals surface area contributed by atoms with Crippen LogP contribution in [-0.2, 0) is 4.74 Å². The van der Waals surface area contributed by atoms with Gasteiger partial charge in [-0.15, -0.1) is 24.0 Å². The van der Waals surface area contributed by atoms with Gasteiger partial charge in [-0.1, -0.05) is 30.3 Å². The number of aliphatic imine (C=N–C) groups is 1. The molecule has 0 spiro atoms. The van der Waals surface area contributed by atoms with Crippen LogP contribution in [0, 0.1) is 0 Å².